The number of nitrogens with one attached hydrogen (secondary N) is 2. The Morgan fingerprint density at radius 1 is 1.25 bits per heavy atom. The molecule has 1 aliphatic carbocycles. The number of hydrogen-bond acceptors (Lipinski definition) is 5. The number of aliphatic hydroxyl groups is 1. The smallest absolute Gasteiger partial charge is 0.317 e. The number of benzene rings is 1. The summed E-state index contributed by atoms with van der Waals surface area (Å²) < 4.78 is 10.8. The van der Waals surface area contributed by atoms with Crippen molar-refractivity contribution in [2.24, 2.45) is 0 Å². The maximum Gasteiger partial charge on any atom is 0.317 e. The SMILES string of the molecule is COCCc1ccc(OCC(O)CNC2CCC(N3CCNC3=O)CC2)cc1. The van der Waals surface area contributed by atoms with E-state index in [1.165, 1.54) is 5.56 Å². The number of nitrogens with zero attached hydrogens (tertiary/aromatic N) is 1. The Kier molecular flexibility index (Phi) is 7.94. The van der Waals surface area contributed by atoms with Gasteiger partial charge in [-0.2, -0.15) is 0 Å². The molecule has 1 atom stereocenters. The van der Waals surface area contributed by atoms with Crippen LogP contribution in [0.3, 0.4) is 0 Å². The predicted molar refractivity (Wildman–Crippen MR) is 108 cm³/mol. The molecule has 3 rings (SSSR count). The summed E-state index contributed by atoms with van der Waals surface area (Å²) in [7, 11) is 1.70. The van der Waals surface area contributed by atoms with E-state index in [0.717, 1.165) is 50.9 Å². The van der Waals surface area contributed by atoms with Gasteiger partial charge in [0.15, 0.2) is 0 Å². The molecule has 1 aromatic rings. The molecular formula is C21H33N3O4. The van der Waals surface area contributed by atoms with Gasteiger partial charge in [0.05, 0.1) is 6.61 Å². The van der Waals surface area contributed by atoms with E-state index in [0.29, 0.717) is 25.2 Å². The van der Waals surface area contributed by atoms with Gasteiger partial charge in [-0.25, -0.2) is 4.79 Å². The predicted octanol–water partition coefficient (Wildman–Crippen LogP) is 1.54. The van der Waals surface area contributed by atoms with Gasteiger partial charge in [-0.3, -0.25) is 0 Å². The lowest BCUT2D eigenvalue weighted by Crippen LogP contribution is -2.45. The minimum absolute atomic E-state index is 0.0794. The van der Waals surface area contributed by atoms with E-state index in [9.17, 15) is 9.90 Å². The van der Waals surface area contributed by atoms with Gasteiger partial charge in [-0.1, -0.05) is 12.1 Å². The molecule has 0 aromatic heterocycles. The van der Waals surface area contributed by atoms with Crippen molar-refractivity contribution in [2.45, 2.75) is 50.3 Å². The molecule has 28 heavy (non-hydrogen) atoms. The van der Waals surface area contributed by atoms with E-state index >= 15 is 0 Å². The van der Waals surface area contributed by atoms with Crippen LogP contribution in [0, 0.1) is 0 Å². The zero-order valence-corrected chi connectivity index (χ0v) is 16.7. The second-order valence-corrected chi connectivity index (χ2v) is 7.69. The lowest BCUT2D eigenvalue weighted by Gasteiger charge is -2.34. The summed E-state index contributed by atoms with van der Waals surface area (Å²) >= 11 is 0. The lowest BCUT2D eigenvalue weighted by molar-refractivity contribution is 0.0993. The van der Waals surface area contributed by atoms with Crippen molar-refractivity contribution in [3.8, 4) is 5.75 Å². The summed E-state index contributed by atoms with van der Waals surface area (Å²) in [6.07, 6.45) is 4.44. The minimum atomic E-state index is -0.546. The van der Waals surface area contributed by atoms with Crippen molar-refractivity contribution in [3.63, 3.8) is 0 Å². The molecule has 1 unspecified atom stereocenters. The Hall–Kier alpha value is -1.83. The van der Waals surface area contributed by atoms with Gasteiger partial charge >= 0.3 is 6.03 Å². The van der Waals surface area contributed by atoms with Crippen LogP contribution >= 0.6 is 0 Å². The van der Waals surface area contributed by atoms with E-state index in [2.05, 4.69) is 10.6 Å². The molecule has 2 fully saturated rings. The third-order valence-corrected chi connectivity index (χ3v) is 5.63. The monoisotopic (exact) mass is 391 g/mol. The Morgan fingerprint density at radius 3 is 2.64 bits per heavy atom. The van der Waals surface area contributed by atoms with Crippen molar-refractivity contribution in [2.75, 3.05) is 40.0 Å². The van der Waals surface area contributed by atoms with Crippen LogP contribution in [0.15, 0.2) is 24.3 Å². The van der Waals surface area contributed by atoms with Gasteiger partial charge in [0.1, 0.15) is 18.5 Å². The van der Waals surface area contributed by atoms with Crippen LogP contribution in [0.5, 0.6) is 5.75 Å². The fourth-order valence-corrected chi connectivity index (χ4v) is 3.95. The lowest BCUT2D eigenvalue weighted by atomic mass is 9.90. The van der Waals surface area contributed by atoms with Gasteiger partial charge in [0.2, 0.25) is 0 Å². The quantitative estimate of drug-likeness (QED) is 0.564. The molecule has 0 spiro atoms. The maximum absolute atomic E-state index is 11.8. The zero-order valence-electron chi connectivity index (χ0n) is 16.7. The Bertz CT molecular complexity index is 602. The summed E-state index contributed by atoms with van der Waals surface area (Å²) in [4.78, 5) is 13.7. The molecule has 1 heterocycles. The van der Waals surface area contributed by atoms with Gasteiger partial charge < -0.3 is 30.1 Å². The van der Waals surface area contributed by atoms with Crippen LogP contribution in [0.2, 0.25) is 0 Å². The second kappa shape index (κ2) is 10.6. The second-order valence-electron chi connectivity index (χ2n) is 7.69. The summed E-state index contributed by atoms with van der Waals surface area (Å²) in [5, 5.41) is 16.5. The number of carbonyl (C=O) groups excluding carboxylic acids is 1. The van der Waals surface area contributed by atoms with Crippen molar-refractivity contribution in [1.29, 1.82) is 0 Å². The average Bonchev–Trinajstić information content (AvgIpc) is 3.16. The fourth-order valence-electron chi connectivity index (χ4n) is 3.95. The van der Waals surface area contributed by atoms with Gasteiger partial charge in [0.25, 0.3) is 0 Å². The normalized spacial score (nSPS) is 23.5. The average molecular weight is 392 g/mol. The number of rotatable bonds is 10. The number of amides is 2. The van der Waals surface area contributed by atoms with Crippen molar-refractivity contribution in [3.05, 3.63) is 29.8 Å². The number of methoxy groups -OCH3 is 1. The molecule has 156 valence electrons. The van der Waals surface area contributed by atoms with E-state index in [-0.39, 0.29) is 12.6 Å². The van der Waals surface area contributed by atoms with Gasteiger partial charge in [-0.15, -0.1) is 0 Å². The molecule has 2 aliphatic rings. The van der Waals surface area contributed by atoms with Crippen LogP contribution < -0.4 is 15.4 Å². The molecule has 1 aromatic carbocycles. The van der Waals surface area contributed by atoms with Crippen LogP contribution in [-0.4, -0.2) is 74.2 Å². The molecule has 1 saturated carbocycles. The van der Waals surface area contributed by atoms with Crippen LogP contribution in [-0.2, 0) is 11.2 Å². The highest BCUT2D eigenvalue weighted by molar-refractivity contribution is 5.76. The maximum atomic E-state index is 11.8. The molecule has 0 radical (unpaired) electrons. The van der Waals surface area contributed by atoms with Crippen LogP contribution in [0.4, 0.5) is 4.79 Å². The molecule has 3 N–H and O–H groups in total. The largest absolute Gasteiger partial charge is 0.491 e. The first-order valence-electron chi connectivity index (χ1n) is 10.3. The van der Waals surface area contributed by atoms with Crippen molar-refractivity contribution < 1.29 is 19.4 Å². The highest BCUT2D eigenvalue weighted by atomic mass is 16.5. The number of hydrogen-bond donors (Lipinski definition) is 3. The van der Waals surface area contributed by atoms with E-state index in [1.54, 1.807) is 7.11 Å². The number of urea groups is 1. The summed E-state index contributed by atoms with van der Waals surface area (Å²) in [6.45, 7) is 3.08. The summed E-state index contributed by atoms with van der Waals surface area (Å²) in [6, 6.07) is 8.76. The molecule has 7 heteroatoms. The highest BCUT2D eigenvalue weighted by Crippen LogP contribution is 2.24. The molecule has 7 nitrogen and oxygen atoms in total. The molecule has 1 saturated heterocycles. The molecular weight excluding hydrogens is 358 g/mol. The molecule has 2 amide bonds. The number of ether oxygens (including phenoxy) is 2. The molecule has 0 bridgehead atoms. The van der Waals surface area contributed by atoms with Crippen LogP contribution in [0.1, 0.15) is 31.2 Å². The Morgan fingerprint density at radius 2 is 2.00 bits per heavy atom. The summed E-state index contributed by atoms with van der Waals surface area (Å²) in [5.41, 5.74) is 1.21. The van der Waals surface area contributed by atoms with E-state index in [1.807, 2.05) is 29.2 Å². The first-order valence-corrected chi connectivity index (χ1v) is 10.3. The molecule has 1 aliphatic heterocycles. The van der Waals surface area contributed by atoms with E-state index < -0.39 is 6.10 Å². The fraction of sp³-hybridized carbons (Fsp3) is 0.667. The van der Waals surface area contributed by atoms with Crippen molar-refractivity contribution in [1.82, 2.24) is 15.5 Å². The Labute approximate surface area is 167 Å². The zero-order chi connectivity index (χ0) is 19.8. The minimum Gasteiger partial charge on any atom is -0.491 e. The summed E-state index contributed by atoms with van der Waals surface area (Å²) in [5.74, 6) is 0.768. The first-order chi connectivity index (χ1) is 13.7. The topological polar surface area (TPSA) is 83.1 Å². The van der Waals surface area contributed by atoms with Gasteiger partial charge in [0, 0.05) is 38.8 Å². The van der Waals surface area contributed by atoms with Crippen molar-refractivity contribution >= 4 is 6.03 Å². The van der Waals surface area contributed by atoms with Gasteiger partial charge in [-0.05, 0) is 49.8 Å². The standard InChI is InChI=1S/C21H33N3O4/c1-27-13-10-16-2-8-20(9-3-16)28-15-19(25)14-23-17-4-6-18(7-5-17)24-12-11-22-21(24)26/h2-3,8-9,17-19,23,25H,4-7,10-15H2,1H3,(H,22,26). The highest BCUT2D eigenvalue weighted by Gasteiger charge is 2.31. The number of carbonyl (C=O) groups is 1. The Balaban J connectivity index is 1.30. The third kappa shape index (κ3) is 6.09. The van der Waals surface area contributed by atoms with Crippen LogP contribution in [0.25, 0.3) is 0 Å². The third-order valence-electron chi connectivity index (χ3n) is 5.63. The number of aliphatic hydroxyl groups excluding tert-OH is 1. The first kappa shape index (κ1) is 20.9. The van der Waals surface area contributed by atoms with E-state index in [4.69, 9.17) is 9.47 Å².